The molecule has 5 nitrogen and oxygen atoms in total. The fourth-order valence-electron chi connectivity index (χ4n) is 2.79. The Labute approximate surface area is 139 Å². The molecule has 3 rings (SSSR count). The fraction of sp³-hybridized carbons (Fsp3) is 0.471. The number of carbonyl (C=O) groups is 2. The summed E-state index contributed by atoms with van der Waals surface area (Å²) in [6.45, 7) is -0.185. The molecule has 1 saturated carbocycles. The van der Waals surface area contributed by atoms with Crippen LogP contribution >= 0.6 is 11.3 Å². The monoisotopic (exact) mass is 332 g/mol. The van der Waals surface area contributed by atoms with Crippen LogP contribution in [0.15, 0.2) is 24.3 Å². The number of fused-ring (bicyclic) bond motifs is 1. The average molecular weight is 332 g/mol. The van der Waals surface area contributed by atoms with E-state index in [-0.39, 0.29) is 30.9 Å². The van der Waals surface area contributed by atoms with Gasteiger partial charge in [-0.1, -0.05) is 25.0 Å². The van der Waals surface area contributed by atoms with E-state index in [1.54, 1.807) is 11.3 Å². The lowest BCUT2D eigenvalue weighted by molar-refractivity contribution is -0.148. The molecular weight excluding hydrogens is 312 g/mol. The fourth-order valence-corrected chi connectivity index (χ4v) is 3.76. The van der Waals surface area contributed by atoms with E-state index in [9.17, 15) is 9.59 Å². The van der Waals surface area contributed by atoms with Gasteiger partial charge in [0, 0.05) is 12.5 Å². The summed E-state index contributed by atoms with van der Waals surface area (Å²) in [4.78, 5) is 27.9. The summed E-state index contributed by atoms with van der Waals surface area (Å²) in [5, 5.41) is 3.81. The van der Waals surface area contributed by atoms with Gasteiger partial charge in [0.05, 0.1) is 21.6 Å². The molecule has 122 valence electrons. The van der Waals surface area contributed by atoms with Gasteiger partial charge in [-0.05, 0) is 25.0 Å². The third-order valence-electron chi connectivity index (χ3n) is 3.97. The van der Waals surface area contributed by atoms with Gasteiger partial charge in [-0.15, -0.1) is 11.3 Å². The summed E-state index contributed by atoms with van der Waals surface area (Å²) < 4.78 is 6.15. The maximum Gasteiger partial charge on any atom is 0.306 e. The van der Waals surface area contributed by atoms with Crippen molar-refractivity contribution in [1.82, 2.24) is 10.3 Å². The van der Waals surface area contributed by atoms with E-state index in [2.05, 4.69) is 10.3 Å². The number of aromatic nitrogens is 1. The van der Waals surface area contributed by atoms with Gasteiger partial charge in [0.1, 0.15) is 0 Å². The third-order valence-corrected chi connectivity index (χ3v) is 5.06. The molecule has 2 aromatic rings. The van der Waals surface area contributed by atoms with Crippen LogP contribution in [0, 0.1) is 0 Å². The molecule has 1 N–H and O–H groups in total. The van der Waals surface area contributed by atoms with Gasteiger partial charge in [0.25, 0.3) is 5.91 Å². The number of nitrogens with one attached hydrogen (secondary N) is 1. The Balaban J connectivity index is 1.39. The number of carbonyl (C=O) groups excluding carboxylic acids is 2. The molecule has 1 amide bonds. The second-order valence-electron chi connectivity index (χ2n) is 5.78. The van der Waals surface area contributed by atoms with E-state index in [0.717, 1.165) is 40.9 Å². The van der Waals surface area contributed by atoms with Gasteiger partial charge in [-0.25, -0.2) is 4.98 Å². The molecule has 0 spiro atoms. The molecule has 0 radical (unpaired) electrons. The second kappa shape index (κ2) is 7.55. The van der Waals surface area contributed by atoms with Crippen molar-refractivity contribution in [3.8, 4) is 0 Å². The standard InChI is InChI=1S/C17H20N2O3S/c20-15(18-12-5-1-2-6-12)11-22-17(21)10-9-16-19-13-7-3-4-8-14(13)23-16/h3-4,7-8,12H,1-2,5-6,9-11H2,(H,18,20). The predicted molar refractivity (Wildman–Crippen MR) is 89.3 cm³/mol. The molecule has 1 heterocycles. The predicted octanol–water partition coefficient (Wildman–Crippen LogP) is 2.83. The van der Waals surface area contributed by atoms with Gasteiger partial charge in [0.2, 0.25) is 0 Å². The van der Waals surface area contributed by atoms with E-state index in [0.29, 0.717) is 6.42 Å². The zero-order valence-electron chi connectivity index (χ0n) is 12.9. The SMILES string of the molecule is O=C(COC(=O)CCc1nc2ccccc2s1)NC1CCCC1. The third kappa shape index (κ3) is 4.51. The normalized spacial score (nSPS) is 15.0. The van der Waals surface area contributed by atoms with Crippen LogP contribution in [0.5, 0.6) is 0 Å². The van der Waals surface area contributed by atoms with Gasteiger partial charge in [-0.2, -0.15) is 0 Å². The molecule has 1 aromatic heterocycles. The number of hydrogen-bond acceptors (Lipinski definition) is 5. The highest BCUT2D eigenvalue weighted by Gasteiger charge is 2.18. The number of nitrogens with zero attached hydrogens (tertiary/aromatic N) is 1. The van der Waals surface area contributed by atoms with Gasteiger partial charge in [0.15, 0.2) is 6.61 Å². The van der Waals surface area contributed by atoms with Crippen LogP contribution in [0.3, 0.4) is 0 Å². The number of rotatable bonds is 6. The van der Waals surface area contributed by atoms with Gasteiger partial charge < -0.3 is 10.1 Å². The number of aryl methyl sites for hydroxylation is 1. The molecule has 0 bridgehead atoms. The summed E-state index contributed by atoms with van der Waals surface area (Å²) >= 11 is 1.59. The molecule has 6 heteroatoms. The Hall–Kier alpha value is -1.95. The largest absolute Gasteiger partial charge is 0.456 e. The molecule has 0 saturated heterocycles. The zero-order valence-corrected chi connectivity index (χ0v) is 13.7. The van der Waals surface area contributed by atoms with Crippen molar-refractivity contribution in [1.29, 1.82) is 0 Å². The van der Waals surface area contributed by atoms with Gasteiger partial charge in [-0.3, -0.25) is 9.59 Å². The number of esters is 1. The Bertz CT molecular complexity index is 659. The Morgan fingerprint density at radius 2 is 2.04 bits per heavy atom. The van der Waals surface area contributed by atoms with Crippen LogP contribution in [0.2, 0.25) is 0 Å². The maximum absolute atomic E-state index is 11.7. The molecule has 1 fully saturated rings. The van der Waals surface area contributed by atoms with Crippen molar-refractivity contribution in [3.05, 3.63) is 29.3 Å². The quantitative estimate of drug-likeness (QED) is 0.826. The highest BCUT2D eigenvalue weighted by molar-refractivity contribution is 7.18. The first-order valence-corrected chi connectivity index (χ1v) is 8.82. The minimum Gasteiger partial charge on any atom is -0.456 e. The van der Waals surface area contributed by atoms with Gasteiger partial charge >= 0.3 is 5.97 Å². The van der Waals surface area contributed by atoms with Crippen molar-refractivity contribution in [2.24, 2.45) is 0 Å². The van der Waals surface area contributed by atoms with Crippen LogP contribution in [-0.2, 0) is 20.7 Å². The Kier molecular flexibility index (Phi) is 5.23. The summed E-state index contributed by atoms with van der Waals surface area (Å²) in [5.41, 5.74) is 0.955. The van der Waals surface area contributed by atoms with E-state index in [1.807, 2.05) is 24.3 Å². The number of amides is 1. The highest BCUT2D eigenvalue weighted by Crippen LogP contribution is 2.22. The number of ether oxygens (including phenoxy) is 1. The lowest BCUT2D eigenvalue weighted by atomic mass is 10.2. The highest BCUT2D eigenvalue weighted by atomic mass is 32.1. The van der Waals surface area contributed by atoms with Crippen molar-refractivity contribution in [3.63, 3.8) is 0 Å². The van der Waals surface area contributed by atoms with Crippen molar-refractivity contribution in [2.45, 2.75) is 44.6 Å². The molecule has 23 heavy (non-hydrogen) atoms. The number of para-hydroxylation sites is 1. The minimum absolute atomic E-state index is 0.185. The number of benzene rings is 1. The first-order chi connectivity index (χ1) is 11.2. The van der Waals surface area contributed by atoms with E-state index < -0.39 is 0 Å². The Morgan fingerprint density at radius 1 is 1.26 bits per heavy atom. The lowest BCUT2D eigenvalue weighted by Gasteiger charge is -2.11. The number of thiazole rings is 1. The van der Waals surface area contributed by atoms with Crippen LogP contribution in [0.25, 0.3) is 10.2 Å². The molecule has 0 unspecified atom stereocenters. The molecule has 1 aromatic carbocycles. The van der Waals surface area contributed by atoms with Crippen molar-refractivity contribution in [2.75, 3.05) is 6.61 Å². The lowest BCUT2D eigenvalue weighted by Crippen LogP contribution is -2.35. The van der Waals surface area contributed by atoms with Crippen LogP contribution in [-0.4, -0.2) is 29.5 Å². The first-order valence-electron chi connectivity index (χ1n) is 8.00. The maximum atomic E-state index is 11.7. The van der Waals surface area contributed by atoms with E-state index in [1.165, 1.54) is 0 Å². The topological polar surface area (TPSA) is 68.3 Å². The molecule has 1 aliphatic carbocycles. The van der Waals surface area contributed by atoms with Crippen molar-refractivity contribution >= 4 is 33.4 Å². The average Bonchev–Trinajstić information content (AvgIpc) is 3.19. The van der Waals surface area contributed by atoms with Crippen LogP contribution in [0.4, 0.5) is 0 Å². The second-order valence-corrected chi connectivity index (χ2v) is 6.90. The zero-order chi connectivity index (χ0) is 16.1. The summed E-state index contributed by atoms with van der Waals surface area (Å²) in [7, 11) is 0. The summed E-state index contributed by atoms with van der Waals surface area (Å²) in [5.74, 6) is -0.559. The smallest absolute Gasteiger partial charge is 0.306 e. The summed E-state index contributed by atoms with van der Waals surface area (Å²) in [6.07, 6.45) is 5.16. The molecule has 0 atom stereocenters. The molecule has 0 aliphatic heterocycles. The van der Waals surface area contributed by atoms with Crippen molar-refractivity contribution < 1.29 is 14.3 Å². The number of hydrogen-bond donors (Lipinski definition) is 1. The summed E-state index contributed by atoms with van der Waals surface area (Å²) in [6, 6.07) is 8.15. The molecule has 1 aliphatic rings. The van der Waals surface area contributed by atoms with E-state index in [4.69, 9.17) is 4.74 Å². The van der Waals surface area contributed by atoms with Crippen LogP contribution in [0.1, 0.15) is 37.1 Å². The van der Waals surface area contributed by atoms with Crippen LogP contribution < -0.4 is 5.32 Å². The van der Waals surface area contributed by atoms with E-state index >= 15 is 0 Å². The minimum atomic E-state index is -0.356. The first kappa shape index (κ1) is 15.9. The molecular formula is C17H20N2O3S. The Morgan fingerprint density at radius 3 is 2.83 bits per heavy atom.